The third-order valence-electron chi connectivity index (χ3n) is 3.56. The summed E-state index contributed by atoms with van der Waals surface area (Å²) in [5.74, 6) is 0. The molecule has 0 spiro atoms. The van der Waals surface area contributed by atoms with E-state index < -0.39 is 5.60 Å². The number of nitrogens with one attached hydrogen (secondary N) is 1. The van der Waals surface area contributed by atoms with Crippen LogP contribution in [-0.4, -0.2) is 24.3 Å². The Labute approximate surface area is 116 Å². The van der Waals surface area contributed by atoms with Crippen molar-refractivity contribution in [2.45, 2.75) is 31.8 Å². The van der Waals surface area contributed by atoms with Crippen LogP contribution in [0.5, 0.6) is 0 Å². The summed E-state index contributed by atoms with van der Waals surface area (Å²) in [4.78, 5) is 0. The third kappa shape index (κ3) is 4.34. The first-order chi connectivity index (χ1) is 9.05. The van der Waals surface area contributed by atoms with E-state index in [1.807, 2.05) is 44.4 Å². The molecule has 2 nitrogen and oxygen atoms in total. The van der Waals surface area contributed by atoms with Crippen LogP contribution in [0.15, 0.2) is 60.3 Å². The van der Waals surface area contributed by atoms with Gasteiger partial charge >= 0.3 is 0 Å². The highest BCUT2D eigenvalue weighted by atomic mass is 16.3. The van der Waals surface area contributed by atoms with Crippen LogP contribution in [0.25, 0.3) is 0 Å². The van der Waals surface area contributed by atoms with Gasteiger partial charge in [-0.15, -0.1) is 0 Å². The van der Waals surface area contributed by atoms with Gasteiger partial charge in [-0.2, -0.15) is 0 Å². The van der Waals surface area contributed by atoms with Gasteiger partial charge < -0.3 is 10.4 Å². The molecule has 0 aliphatic heterocycles. The van der Waals surface area contributed by atoms with E-state index in [9.17, 15) is 5.11 Å². The lowest BCUT2D eigenvalue weighted by molar-refractivity contribution is 0.0683. The SMILES string of the molecule is C=C/C(=C\C)C[C@@](O)(CCNC)C1=CC=CC(=C)C1. The molecule has 2 heteroatoms. The summed E-state index contributed by atoms with van der Waals surface area (Å²) in [7, 11) is 1.90. The Bertz CT molecular complexity index is 429. The largest absolute Gasteiger partial charge is 0.385 e. The molecule has 0 radical (unpaired) electrons. The molecule has 1 rings (SSSR count). The van der Waals surface area contributed by atoms with Crippen molar-refractivity contribution < 1.29 is 5.11 Å². The zero-order chi connectivity index (χ0) is 14.3. The van der Waals surface area contributed by atoms with Crippen molar-refractivity contribution in [1.82, 2.24) is 5.32 Å². The van der Waals surface area contributed by atoms with Gasteiger partial charge in [-0.05, 0) is 44.5 Å². The normalized spacial score (nSPS) is 19.0. The molecule has 1 aliphatic carbocycles. The molecule has 0 aromatic heterocycles. The van der Waals surface area contributed by atoms with Gasteiger partial charge in [0.05, 0.1) is 5.60 Å². The van der Waals surface area contributed by atoms with Crippen LogP contribution >= 0.6 is 0 Å². The molecule has 19 heavy (non-hydrogen) atoms. The highest BCUT2D eigenvalue weighted by molar-refractivity contribution is 5.38. The average Bonchev–Trinajstić information content (AvgIpc) is 2.42. The van der Waals surface area contributed by atoms with Crippen molar-refractivity contribution in [2.24, 2.45) is 0 Å². The van der Waals surface area contributed by atoms with E-state index in [4.69, 9.17) is 0 Å². The van der Waals surface area contributed by atoms with E-state index in [2.05, 4.69) is 18.5 Å². The summed E-state index contributed by atoms with van der Waals surface area (Å²) < 4.78 is 0. The monoisotopic (exact) mass is 259 g/mol. The fraction of sp³-hybridized carbons (Fsp3) is 0.412. The number of hydrogen-bond acceptors (Lipinski definition) is 2. The van der Waals surface area contributed by atoms with Crippen molar-refractivity contribution in [1.29, 1.82) is 0 Å². The standard InChI is InChI=1S/C17H25NO/c1-5-15(6-2)13-17(19,10-11-18-4)16-9-7-8-14(3)12-16/h5-9,18-19H,1,3,10-13H2,2,4H3/b15-6+/t17-/m0/s1. The minimum atomic E-state index is -0.827. The molecule has 0 aromatic carbocycles. The molecule has 104 valence electrons. The first-order valence-corrected chi connectivity index (χ1v) is 6.76. The predicted molar refractivity (Wildman–Crippen MR) is 83.0 cm³/mol. The van der Waals surface area contributed by atoms with E-state index >= 15 is 0 Å². The summed E-state index contributed by atoms with van der Waals surface area (Å²) in [6.07, 6.45) is 11.8. The molecule has 0 fully saturated rings. The molecule has 0 saturated heterocycles. The summed E-state index contributed by atoms with van der Waals surface area (Å²) in [5.41, 5.74) is 2.32. The van der Waals surface area contributed by atoms with Crippen molar-refractivity contribution >= 4 is 0 Å². The summed E-state index contributed by atoms with van der Waals surface area (Å²) in [5, 5.41) is 14.2. The van der Waals surface area contributed by atoms with Crippen LogP contribution in [0.2, 0.25) is 0 Å². The highest BCUT2D eigenvalue weighted by Gasteiger charge is 2.31. The molecule has 0 amide bonds. The number of rotatable bonds is 7. The van der Waals surface area contributed by atoms with Crippen LogP contribution < -0.4 is 5.32 Å². The highest BCUT2D eigenvalue weighted by Crippen LogP contribution is 2.34. The zero-order valence-corrected chi connectivity index (χ0v) is 12.1. The first-order valence-electron chi connectivity index (χ1n) is 6.76. The maximum absolute atomic E-state index is 11.0. The second-order valence-corrected chi connectivity index (χ2v) is 5.02. The van der Waals surface area contributed by atoms with Crippen LogP contribution in [0.4, 0.5) is 0 Å². The quantitative estimate of drug-likeness (QED) is 0.688. The lowest BCUT2D eigenvalue weighted by Gasteiger charge is -2.33. The predicted octanol–water partition coefficient (Wildman–Crippen LogP) is 3.29. The Morgan fingerprint density at radius 3 is 2.84 bits per heavy atom. The van der Waals surface area contributed by atoms with Crippen molar-refractivity contribution in [3.8, 4) is 0 Å². The minimum absolute atomic E-state index is 0.599. The molecule has 2 N–H and O–H groups in total. The minimum Gasteiger partial charge on any atom is -0.385 e. The Balaban J connectivity index is 2.98. The Morgan fingerprint density at radius 2 is 2.32 bits per heavy atom. The van der Waals surface area contributed by atoms with E-state index in [-0.39, 0.29) is 0 Å². The number of aliphatic hydroxyl groups is 1. The molecule has 0 heterocycles. The fourth-order valence-electron chi connectivity index (χ4n) is 2.31. The van der Waals surface area contributed by atoms with Crippen molar-refractivity contribution in [3.63, 3.8) is 0 Å². The van der Waals surface area contributed by atoms with Gasteiger partial charge in [0.25, 0.3) is 0 Å². The second kappa shape index (κ2) is 7.27. The molecular weight excluding hydrogens is 234 g/mol. The molecule has 0 bridgehead atoms. The Morgan fingerprint density at radius 1 is 1.58 bits per heavy atom. The smallest absolute Gasteiger partial charge is 0.0915 e. The Hall–Kier alpha value is -1.38. The van der Waals surface area contributed by atoms with Crippen LogP contribution in [0.1, 0.15) is 26.2 Å². The lowest BCUT2D eigenvalue weighted by atomic mass is 9.79. The average molecular weight is 259 g/mol. The van der Waals surface area contributed by atoms with Crippen LogP contribution in [0, 0.1) is 0 Å². The van der Waals surface area contributed by atoms with Crippen LogP contribution in [-0.2, 0) is 0 Å². The summed E-state index contributed by atoms with van der Waals surface area (Å²) in [6.45, 7) is 10.6. The maximum Gasteiger partial charge on any atom is 0.0915 e. The van der Waals surface area contributed by atoms with Crippen LogP contribution in [0.3, 0.4) is 0 Å². The van der Waals surface area contributed by atoms with Gasteiger partial charge in [0.15, 0.2) is 0 Å². The van der Waals surface area contributed by atoms with E-state index in [1.165, 1.54) is 0 Å². The molecule has 1 atom stereocenters. The Kier molecular flexibility index (Phi) is 6.00. The number of allylic oxidation sites excluding steroid dienone is 6. The number of hydrogen-bond donors (Lipinski definition) is 2. The van der Waals surface area contributed by atoms with Gasteiger partial charge in [-0.25, -0.2) is 0 Å². The zero-order valence-electron chi connectivity index (χ0n) is 12.1. The summed E-state index contributed by atoms with van der Waals surface area (Å²) >= 11 is 0. The molecule has 0 unspecified atom stereocenters. The van der Waals surface area contributed by atoms with E-state index in [0.29, 0.717) is 12.8 Å². The van der Waals surface area contributed by atoms with Gasteiger partial charge in [0.1, 0.15) is 0 Å². The van der Waals surface area contributed by atoms with Gasteiger partial charge in [0.2, 0.25) is 0 Å². The maximum atomic E-state index is 11.0. The molecule has 0 aromatic rings. The van der Waals surface area contributed by atoms with Crippen molar-refractivity contribution in [2.75, 3.05) is 13.6 Å². The van der Waals surface area contributed by atoms with Crippen molar-refractivity contribution in [3.05, 3.63) is 60.3 Å². The molecular formula is C17H25NO. The van der Waals surface area contributed by atoms with Gasteiger partial charge in [-0.3, -0.25) is 0 Å². The topological polar surface area (TPSA) is 32.3 Å². The summed E-state index contributed by atoms with van der Waals surface area (Å²) in [6, 6.07) is 0. The van der Waals surface area contributed by atoms with E-state index in [1.54, 1.807) is 0 Å². The third-order valence-corrected chi connectivity index (χ3v) is 3.56. The lowest BCUT2D eigenvalue weighted by Crippen LogP contribution is -2.35. The fourth-order valence-corrected chi connectivity index (χ4v) is 2.31. The second-order valence-electron chi connectivity index (χ2n) is 5.02. The van der Waals surface area contributed by atoms with E-state index in [0.717, 1.165) is 29.7 Å². The molecule has 1 aliphatic rings. The first kappa shape index (κ1) is 15.7. The van der Waals surface area contributed by atoms with Gasteiger partial charge in [-0.1, -0.05) is 49.1 Å². The molecule has 0 saturated carbocycles. The van der Waals surface area contributed by atoms with Gasteiger partial charge in [0, 0.05) is 6.42 Å².